The molecule has 0 saturated heterocycles. The van der Waals surface area contributed by atoms with Crippen molar-refractivity contribution in [3.8, 4) is 28.3 Å². The van der Waals surface area contributed by atoms with Gasteiger partial charge in [-0.25, -0.2) is 9.37 Å². The van der Waals surface area contributed by atoms with E-state index in [2.05, 4.69) is 27.9 Å². The number of nitrogens with zero attached hydrogens (tertiary/aromatic N) is 2. The average molecular weight is 382 g/mol. The van der Waals surface area contributed by atoms with Gasteiger partial charge in [-0.3, -0.25) is 4.79 Å². The number of anilines is 1. The number of amides is 1. The molecule has 0 saturated carbocycles. The Hall–Kier alpha value is -4.24. The molecule has 0 radical (unpaired) electrons. The first-order valence-electron chi connectivity index (χ1n) is 8.79. The highest BCUT2D eigenvalue weighted by atomic mass is 19.1. The molecule has 0 atom stereocenters. The highest BCUT2D eigenvalue weighted by Gasteiger charge is 2.11. The van der Waals surface area contributed by atoms with Crippen LogP contribution in [0.3, 0.4) is 0 Å². The molecular weight excluding hydrogens is 367 g/mol. The van der Waals surface area contributed by atoms with Crippen molar-refractivity contribution in [2.75, 3.05) is 5.32 Å². The van der Waals surface area contributed by atoms with Gasteiger partial charge in [-0.2, -0.15) is 5.26 Å². The maximum atomic E-state index is 14.1. The zero-order valence-corrected chi connectivity index (χ0v) is 15.2. The lowest BCUT2D eigenvalue weighted by molar-refractivity contribution is -0.111. The third kappa shape index (κ3) is 3.62. The van der Waals surface area contributed by atoms with Crippen molar-refractivity contribution in [2.24, 2.45) is 0 Å². The number of nitrogens with one attached hydrogen (secondary N) is 2. The van der Waals surface area contributed by atoms with Crippen LogP contribution in [0.25, 0.3) is 33.3 Å². The second-order valence-corrected chi connectivity index (χ2v) is 6.44. The highest BCUT2D eigenvalue weighted by Crippen LogP contribution is 2.32. The Morgan fingerprint density at radius 1 is 1.17 bits per heavy atom. The Morgan fingerprint density at radius 3 is 2.83 bits per heavy atom. The number of hydrogen-bond donors (Lipinski definition) is 2. The smallest absolute Gasteiger partial charge is 0.247 e. The number of H-pyrrole nitrogens is 1. The summed E-state index contributed by atoms with van der Waals surface area (Å²) < 4.78 is 14.1. The molecule has 2 aromatic heterocycles. The van der Waals surface area contributed by atoms with Gasteiger partial charge < -0.3 is 10.3 Å². The molecule has 5 nitrogen and oxygen atoms in total. The number of aromatic nitrogens is 2. The molecule has 0 spiro atoms. The molecule has 0 unspecified atom stereocenters. The summed E-state index contributed by atoms with van der Waals surface area (Å²) in [4.78, 5) is 19.1. The molecule has 0 bridgehead atoms. The van der Waals surface area contributed by atoms with E-state index in [1.807, 2.05) is 24.4 Å². The maximum Gasteiger partial charge on any atom is 0.247 e. The van der Waals surface area contributed by atoms with Gasteiger partial charge in [0.15, 0.2) is 0 Å². The number of carbonyl (C=O) groups is 1. The first-order chi connectivity index (χ1) is 14.1. The van der Waals surface area contributed by atoms with Crippen LogP contribution in [0.15, 0.2) is 73.6 Å². The molecule has 1 amide bonds. The summed E-state index contributed by atoms with van der Waals surface area (Å²) in [6, 6.07) is 15.6. The van der Waals surface area contributed by atoms with Gasteiger partial charge in [0.2, 0.25) is 5.91 Å². The van der Waals surface area contributed by atoms with Gasteiger partial charge in [0, 0.05) is 34.6 Å². The first kappa shape index (κ1) is 18.1. The number of halogens is 1. The number of nitriles is 1. The topological polar surface area (TPSA) is 81.6 Å². The number of carbonyl (C=O) groups excluding carboxylic acids is 1. The normalized spacial score (nSPS) is 10.5. The maximum absolute atomic E-state index is 14.1. The molecule has 2 N–H and O–H groups in total. The summed E-state index contributed by atoms with van der Waals surface area (Å²) in [7, 11) is 0. The van der Waals surface area contributed by atoms with E-state index in [0.717, 1.165) is 22.6 Å². The first-order valence-corrected chi connectivity index (χ1v) is 8.79. The van der Waals surface area contributed by atoms with E-state index >= 15 is 0 Å². The molecule has 2 heterocycles. The Kier molecular flexibility index (Phi) is 4.63. The van der Waals surface area contributed by atoms with E-state index in [0.29, 0.717) is 28.0 Å². The largest absolute Gasteiger partial charge is 0.346 e. The van der Waals surface area contributed by atoms with Gasteiger partial charge in [0.05, 0.1) is 11.6 Å². The molecule has 2 aromatic carbocycles. The fourth-order valence-corrected chi connectivity index (χ4v) is 3.18. The number of fused-ring (bicyclic) bond motifs is 1. The summed E-state index contributed by atoms with van der Waals surface area (Å²) in [6.45, 7) is 3.40. The van der Waals surface area contributed by atoms with Crippen LogP contribution >= 0.6 is 0 Å². The third-order valence-corrected chi connectivity index (χ3v) is 4.52. The summed E-state index contributed by atoms with van der Waals surface area (Å²) in [6.07, 6.45) is 4.60. The Morgan fingerprint density at radius 2 is 2.03 bits per heavy atom. The molecule has 6 heteroatoms. The lowest BCUT2D eigenvalue weighted by Gasteiger charge is -2.08. The quantitative estimate of drug-likeness (QED) is 0.486. The second-order valence-electron chi connectivity index (χ2n) is 6.44. The van der Waals surface area contributed by atoms with Gasteiger partial charge in [-0.1, -0.05) is 18.7 Å². The van der Waals surface area contributed by atoms with E-state index in [4.69, 9.17) is 5.26 Å². The van der Waals surface area contributed by atoms with Gasteiger partial charge in [0.1, 0.15) is 11.5 Å². The molecule has 0 aliphatic rings. The van der Waals surface area contributed by atoms with Crippen LogP contribution in [0, 0.1) is 17.1 Å². The van der Waals surface area contributed by atoms with Crippen LogP contribution in [-0.4, -0.2) is 15.9 Å². The molecule has 4 rings (SSSR count). The van der Waals surface area contributed by atoms with Gasteiger partial charge in [-0.15, -0.1) is 0 Å². The summed E-state index contributed by atoms with van der Waals surface area (Å²) in [5.74, 6) is -0.890. The number of rotatable bonds is 4. The summed E-state index contributed by atoms with van der Waals surface area (Å²) in [5.41, 5.74) is 4.63. The average Bonchev–Trinajstić information content (AvgIpc) is 3.16. The molecular formula is C23H15FN4O. The van der Waals surface area contributed by atoms with Gasteiger partial charge >= 0.3 is 0 Å². The Labute approximate surface area is 166 Å². The van der Waals surface area contributed by atoms with Crippen molar-refractivity contribution >= 4 is 22.6 Å². The van der Waals surface area contributed by atoms with Crippen LogP contribution in [0.4, 0.5) is 10.1 Å². The fourth-order valence-electron chi connectivity index (χ4n) is 3.18. The van der Waals surface area contributed by atoms with Gasteiger partial charge in [-0.05, 0) is 53.6 Å². The predicted octanol–water partition coefficient (Wildman–Crippen LogP) is 5.03. The molecule has 4 aromatic rings. The SMILES string of the molecule is C=CC(=O)Nc1cc(F)cc(-c2cnc3[nH]cc(-c4cccc(C#N)c4)c3c2)c1. The van der Waals surface area contributed by atoms with E-state index < -0.39 is 11.7 Å². The Balaban J connectivity index is 1.81. The van der Waals surface area contributed by atoms with E-state index in [1.165, 1.54) is 12.1 Å². The van der Waals surface area contributed by atoms with Crippen LogP contribution < -0.4 is 5.32 Å². The van der Waals surface area contributed by atoms with Crippen LogP contribution in [-0.2, 0) is 4.79 Å². The van der Waals surface area contributed by atoms with Gasteiger partial charge in [0.25, 0.3) is 0 Å². The standard InChI is InChI=1S/C23H15FN4O/c1-2-22(29)28-19-8-16(7-18(24)10-19)17-9-20-21(13-27-23(20)26-12-17)15-5-3-4-14(6-15)11-25/h2-10,12-13H,1H2,(H,26,27)(H,28,29). The van der Waals surface area contributed by atoms with E-state index in [-0.39, 0.29) is 0 Å². The zero-order valence-electron chi connectivity index (χ0n) is 15.2. The molecule has 0 fully saturated rings. The van der Waals surface area contributed by atoms with Crippen molar-refractivity contribution in [1.82, 2.24) is 9.97 Å². The van der Waals surface area contributed by atoms with E-state index in [1.54, 1.807) is 24.4 Å². The fraction of sp³-hybridized carbons (Fsp3) is 0. The molecule has 140 valence electrons. The van der Waals surface area contributed by atoms with Crippen molar-refractivity contribution < 1.29 is 9.18 Å². The van der Waals surface area contributed by atoms with Crippen LogP contribution in [0.5, 0.6) is 0 Å². The van der Waals surface area contributed by atoms with Crippen molar-refractivity contribution in [3.63, 3.8) is 0 Å². The van der Waals surface area contributed by atoms with Crippen molar-refractivity contribution in [2.45, 2.75) is 0 Å². The second kappa shape index (κ2) is 7.41. The number of hydrogen-bond acceptors (Lipinski definition) is 3. The highest BCUT2D eigenvalue weighted by molar-refractivity contribution is 5.99. The zero-order chi connectivity index (χ0) is 20.4. The number of benzene rings is 2. The number of aromatic amines is 1. The Bertz CT molecular complexity index is 1300. The molecule has 0 aliphatic carbocycles. The summed E-state index contributed by atoms with van der Waals surface area (Å²) >= 11 is 0. The number of pyridine rings is 1. The minimum absolute atomic E-state index is 0.334. The summed E-state index contributed by atoms with van der Waals surface area (Å²) in [5, 5.41) is 12.6. The van der Waals surface area contributed by atoms with Crippen LogP contribution in [0.2, 0.25) is 0 Å². The minimum Gasteiger partial charge on any atom is -0.346 e. The van der Waals surface area contributed by atoms with Crippen LogP contribution in [0.1, 0.15) is 5.56 Å². The molecule has 0 aliphatic heterocycles. The van der Waals surface area contributed by atoms with Crippen molar-refractivity contribution in [1.29, 1.82) is 5.26 Å². The lowest BCUT2D eigenvalue weighted by Crippen LogP contribution is -2.07. The minimum atomic E-state index is -0.474. The monoisotopic (exact) mass is 382 g/mol. The van der Waals surface area contributed by atoms with E-state index in [9.17, 15) is 9.18 Å². The predicted molar refractivity (Wildman–Crippen MR) is 110 cm³/mol. The lowest BCUT2D eigenvalue weighted by atomic mass is 10.0. The third-order valence-electron chi connectivity index (χ3n) is 4.52. The molecule has 29 heavy (non-hydrogen) atoms. The van der Waals surface area contributed by atoms with Crippen molar-refractivity contribution in [3.05, 3.63) is 85.0 Å².